The van der Waals surface area contributed by atoms with Crippen LogP contribution < -0.4 is 11.3 Å². The van der Waals surface area contributed by atoms with Crippen molar-refractivity contribution < 1.29 is 22.4 Å². The number of piperazine rings is 1. The predicted molar refractivity (Wildman–Crippen MR) is 68.1 cm³/mol. The number of rotatable bonds is 4. The summed E-state index contributed by atoms with van der Waals surface area (Å²) in [4.78, 5) is 14.8. The summed E-state index contributed by atoms with van der Waals surface area (Å²) < 4.78 is 42.0. The molecule has 0 radical (unpaired) electrons. The molecule has 0 aliphatic carbocycles. The fourth-order valence-electron chi connectivity index (χ4n) is 2.32. The molecule has 0 unspecified atom stereocenters. The van der Waals surface area contributed by atoms with Gasteiger partial charge in [-0.25, -0.2) is 5.84 Å². The van der Waals surface area contributed by atoms with E-state index in [1.807, 2.05) is 10.3 Å². The van der Waals surface area contributed by atoms with Gasteiger partial charge in [-0.2, -0.15) is 13.2 Å². The summed E-state index contributed by atoms with van der Waals surface area (Å²) in [5.74, 6) is 4.67. The van der Waals surface area contributed by atoms with Crippen molar-refractivity contribution in [3.63, 3.8) is 0 Å². The summed E-state index contributed by atoms with van der Waals surface area (Å²) in [7, 11) is 0. The lowest BCUT2D eigenvalue weighted by molar-refractivity contribution is -0.149. The normalized spacial score (nSPS) is 17.9. The Labute approximate surface area is 119 Å². The lowest BCUT2D eigenvalue weighted by atomic mass is 10.2. The van der Waals surface area contributed by atoms with Gasteiger partial charge in [0.1, 0.15) is 0 Å². The third-order valence-electron chi connectivity index (χ3n) is 3.35. The number of hydrazine groups is 1. The van der Waals surface area contributed by atoms with E-state index in [2.05, 4.69) is 0 Å². The van der Waals surface area contributed by atoms with Crippen LogP contribution in [0.1, 0.15) is 16.1 Å². The molecule has 1 amide bonds. The SMILES string of the molecule is NNC(=O)c1occc1CN1CCN(CC(F)(F)F)CC1. The van der Waals surface area contributed by atoms with Crippen molar-refractivity contribution in [2.75, 3.05) is 32.7 Å². The van der Waals surface area contributed by atoms with E-state index >= 15 is 0 Å². The Hall–Kier alpha value is -1.58. The van der Waals surface area contributed by atoms with E-state index in [1.165, 1.54) is 11.2 Å². The summed E-state index contributed by atoms with van der Waals surface area (Å²) in [6.45, 7) is 1.26. The van der Waals surface area contributed by atoms with Crippen LogP contribution in [0.2, 0.25) is 0 Å². The zero-order valence-electron chi connectivity index (χ0n) is 11.3. The van der Waals surface area contributed by atoms with Gasteiger partial charge in [-0.3, -0.25) is 20.0 Å². The lowest BCUT2D eigenvalue weighted by Crippen LogP contribution is -2.48. The summed E-state index contributed by atoms with van der Waals surface area (Å²) in [6.07, 6.45) is -2.78. The number of amides is 1. The van der Waals surface area contributed by atoms with Gasteiger partial charge in [-0.05, 0) is 6.07 Å². The van der Waals surface area contributed by atoms with Gasteiger partial charge in [-0.15, -0.1) is 0 Å². The van der Waals surface area contributed by atoms with Crippen molar-refractivity contribution in [1.82, 2.24) is 15.2 Å². The third-order valence-corrected chi connectivity index (χ3v) is 3.35. The van der Waals surface area contributed by atoms with Crippen LogP contribution in [0.15, 0.2) is 16.7 Å². The molecule has 1 aromatic heterocycles. The van der Waals surface area contributed by atoms with E-state index < -0.39 is 18.6 Å². The fraction of sp³-hybridized carbons (Fsp3) is 0.583. The van der Waals surface area contributed by atoms with Crippen LogP contribution in [0.4, 0.5) is 13.2 Å². The molecular formula is C12H17F3N4O2. The van der Waals surface area contributed by atoms with Crippen LogP contribution in [0.5, 0.6) is 0 Å². The first-order valence-corrected chi connectivity index (χ1v) is 6.48. The van der Waals surface area contributed by atoms with E-state index in [0.29, 0.717) is 38.3 Å². The second kappa shape index (κ2) is 6.46. The highest BCUT2D eigenvalue weighted by molar-refractivity contribution is 5.92. The molecule has 118 valence electrons. The van der Waals surface area contributed by atoms with E-state index in [9.17, 15) is 18.0 Å². The Kier molecular flexibility index (Phi) is 4.86. The maximum atomic E-state index is 12.3. The summed E-state index contributed by atoms with van der Waals surface area (Å²) in [6, 6.07) is 1.66. The van der Waals surface area contributed by atoms with Crippen molar-refractivity contribution in [3.8, 4) is 0 Å². The van der Waals surface area contributed by atoms with Gasteiger partial charge in [0.05, 0.1) is 12.8 Å². The Morgan fingerprint density at radius 3 is 2.48 bits per heavy atom. The van der Waals surface area contributed by atoms with Crippen LogP contribution in [0, 0.1) is 0 Å². The quantitative estimate of drug-likeness (QED) is 0.483. The number of furan rings is 1. The minimum absolute atomic E-state index is 0.134. The Balaban J connectivity index is 1.87. The molecule has 2 heterocycles. The van der Waals surface area contributed by atoms with E-state index in [4.69, 9.17) is 10.3 Å². The van der Waals surface area contributed by atoms with E-state index in [0.717, 1.165) is 0 Å². The Bertz CT molecular complexity index is 481. The highest BCUT2D eigenvalue weighted by atomic mass is 19.4. The van der Waals surface area contributed by atoms with Crippen molar-refractivity contribution >= 4 is 5.91 Å². The van der Waals surface area contributed by atoms with Gasteiger partial charge in [0.25, 0.3) is 0 Å². The highest BCUT2D eigenvalue weighted by Crippen LogP contribution is 2.19. The van der Waals surface area contributed by atoms with Crippen LogP contribution in [-0.4, -0.2) is 54.6 Å². The Morgan fingerprint density at radius 2 is 1.90 bits per heavy atom. The minimum Gasteiger partial charge on any atom is -0.459 e. The van der Waals surface area contributed by atoms with E-state index in [1.54, 1.807) is 6.07 Å². The first kappa shape index (κ1) is 15.8. The number of alkyl halides is 3. The smallest absolute Gasteiger partial charge is 0.401 e. The molecule has 0 aromatic carbocycles. The molecule has 1 fully saturated rings. The molecule has 21 heavy (non-hydrogen) atoms. The second-order valence-electron chi connectivity index (χ2n) is 4.92. The number of hydrogen-bond donors (Lipinski definition) is 2. The van der Waals surface area contributed by atoms with Crippen LogP contribution >= 0.6 is 0 Å². The molecule has 2 rings (SSSR count). The first-order chi connectivity index (χ1) is 9.89. The average Bonchev–Trinajstić information content (AvgIpc) is 2.86. The van der Waals surface area contributed by atoms with Crippen molar-refractivity contribution in [2.45, 2.75) is 12.7 Å². The van der Waals surface area contributed by atoms with Crippen molar-refractivity contribution in [3.05, 3.63) is 23.7 Å². The first-order valence-electron chi connectivity index (χ1n) is 6.48. The fourth-order valence-corrected chi connectivity index (χ4v) is 2.32. The van der Waals surface area contributed by atoms with Gasteiger partial charge < -0.3 is 4.42 Å². The van der Waals surface area contributed by atoms with Crippen molar-refractivity contribution in [2.24, 2.45) is 5.84 Å². The number of halogens is 3. The summed E-state index contributed by atoms with van der Waals surface area (Å²) in [5, 5.41) is 0. The topological polar surface area (TPSA) is 74.7 Å². The number of carbonyl (C=O) groups is 1. The molecule has 1 aliphatic heterocycles. The van der Waals surface area contributed by atoms with Crippen LogP contribution in [0.3, 0.4) is 0 Å². The molecule has 3 N–H and O–H groups in total. The zero-order chi connectivity index (χ0) is 15.5. The molecule has 0 spiro atoms. The monoisotopic (exact) mass is 306 g/mol. The Morgan fingerprint density at radius 1 is 1.29 bits per heavy atom. The largest absolute Gasteiger partial charge is 0.459 e. The highest BCUT2D eigenvalue weighted by Gasteiger charge is 2.32. The average molecular weight is 306 g/mol. The molecular weight excluding hydrogens is 289 g/mol. The molecule has 9 heteroatoms. The zero-order valence-corrected chi connectivity index (χ0v) is 11.3. The third kappa shape index (κ3) is 4.45. The van der Waals surface area contributed by atoms with Gasteiger partial charge >= 0.3 is 12.1 Å². The number of nitrogens with one attached hydrogen (secondary N) is 1. The number of nitrogens with zero attached hydrogens (tertiary/aromatic N) is 2. The lowest BCUT2D eigenvalue weighted by Gasteiger charge is -2.34. The standard InChI is InChI=1S/C12H17F3N4O2/c13-12(14,15)8-19-4-2-18(3-5-19)7-9-1-6-21-10(9)11(20)17-16/h1,6H,2-5,7-8,16H2,(H,17,20). The van der Waals surface area contributed by atoms with Gasteiger partial charge in [-0.1, -0.05) is 0 Å². The number of carbonyl (C=O) groups excluding carboxylic acids is 1. The molecule has 0 atom stereocenters. The predicted octanol–water partition coefficient (Wildman–Crippen LogP) is 0.563. The maximum absolute atomic E-state index is 12.3. The summed E-state index contributed by atoms with van der Waals surface area (Å²) >= 11 is 0. The minimum atomic E-state index is -4.17. The van der Waals surface area contributed by atoms with Gasteiger partial charge in [0.15, 0.2) is 5.76 Å². The summed E-state index contributed by atoms with van der Waals surface area (Å²) in [5.41, 5.74) is 2.66. The van der Waals surface area contributed by atoms with Crippen molar-refractivity contribution in [1.29, 1.82) is 0 Å². The number of nitrogen functional groups attached to an aromatic ring is 1. The number of nitrogens with two attached hydrogens (primary N) is 1. The molecule has 0 bridgehead atoms. The van der Waals surface area contributed by atoms with Crippen LogP contribution in [0.25, 0.3) is 0 Å². The second-order valence-corrected chi connectivity index (χ2v) is 4.92. The molecule has 1 aromatic rings. The molecule has 6 nitrogen and oxygen atoms in total. The van der Waals surface area contributed by atoms with Crippen LogP contribution in [-0.2, 0) is 6.54 Å². The molecule has 1 saturated heterocycles. The molecule has 0 saturated carbocycles. The molecule has 1 aliphatic rings. The maximum Gasteiger partial charge on any atom is 0.401 e. The van der Waals surface area contributed by atoms with Gasteiger partial charge in [0, 0.05) is 38.3 Å². The van der Waals surface area contributed by atoms with Gasteiger partial charge in [0.2, 0.25) is 0 Å². The van der Waals surface area contributed by atoms with E-state index in [-0.39, 0.29) is 5.76 Å². The number of hydrogen-bond acceptors (Lipinski definition) is 5.